The molecule has 1 aromatic heterocycles. The van der Waals surface area contributed by atoms with E-state index in [1.807, 2.05) is 7.05 Å². The van der Waals surface area contributed by atoms with Crippen molar-refractivity contribution in [1.29, 1.82) is 0 Å². The second-order valence-electron chi connectivity index (χ2n) is 8.96. The number of thiazole rings is 1. The van der Waals surface area contributed by atoms with Crippen LogP contribution in [0.5, 0.6) is 0 Å². The van der Waals surface area contributed by atoms with E-state index in [9.17, 15) is 19.5 Å². The van der Waals surface area contributed by atoms with Gasteiger partial charge < -0.3 is 25.8 Å². The van der Waals surface area contributed by atoms with Gasteiger partial charge in [0.1, 0.15) is 43.2 Å². The molecule has 0 radical (unpaired) electrons. The first-order valence-corrected chi connectivity index (χ1v) is 12.9. The number of quaternary nitrogens is 1. The van der Waals surface area contributed by atoms with Crippen molar-refractivity contribution in [2.45, 2.75) is 30.7 Å². The molecule has 0 aromatic carbocycles. The zero-order valence-electron chi connectivity index (χ0n) is 19.1. The highest BCUT2D eigenvalue weighted by Gasteiger charge is 2.53. The number of anilines is 1. The summed E-state index contributed by atoms with van der Waals surface area (Å²) in [7, 11) is 3.31. The molecule has 3 aliphatic heterocycles. The van der Waals surface area contributed by atoms with Gasteiger partial charge in [-0.15, -0.1) is 23.1 Å². The zero-order chi connectivity index (χ0) is 24.9. The van der Waals surface area contributed by atoms with Crippen molar-refractivity contribution in [1.82, 2.24) is 15.2 Å². The minimum atomic E-state index is -1.39. The molecule has 0 spiro atoms. The number of aliphatic carboxylic acids is 1. The van der Waals surface area contributed by atoms with Crippen molar-refractivity contribution in [3.05, 3.63) is 45.9 Å². The number of oxime groups is 1. The van der Waals surface area contributed by atoms with Crippen LogP contribution < -0.4 is 16.2 Å². The van der Waals surface area contributed by atoms with E-state index in [1.54, 1.807) is 5.38 Å². The molecule has 1 saturated heterocycles. The predicted octanol–water partition coefficient (Wildman–Crippen LogP) is -0.108. The Labute approximate surface area is 209 Å². The van der Waals surface area contributed by atoms with E-state index < -0.39 is 29.2 Å². The summed E-state index contributed by atoms with van der Waals surface area (Å²) in [5.41, 5.74) is 8.93. The van der Waals surface area contributed by atoms with Crippen LogP contribution in [0.15, 0.2) is 45.4 Å². The number of carboxylic acids is 1. The molecule has 4 heterocycles. The molecule has 1 aromatic rings. The van der Waals surface area contributed by atoms with Crippen molar-refractivity contribution in [3.63, 3.8) is 0 Å². The average molecular weight is 517 g/mol. The number of amides is 2. The summed E-state index contributed by atoms with van der Waals surface area (Å²) in [4.78, 5) is 48.1. The number of nitrogen functional groups attached to an aromatic ring is 1. The highest BCUT2D eigenvalue weighted by Crippen LogP contribution is 2.43. The van der Waals surface area contributed by atoms with E-state index in [1.165, 1.54) is 34.9 Å². The molecule has 184 valence electrons. The number of thioether (sulfide) groups is 1. The lowest BCUT2D eigenvalue weighted by atomic mass is 10.0. The topological polar surface area (TPSA) is 150 Å². The summed E-state index contributed by atoms with van der Waals surface area (Å²) in [6, 6.07) is -0.915. The molecular weight excluding hydrogens is 492 g/mol. The predicted molar refractivity (Wildman–Crippen MR) is 128 cm³/mol. The summed E-state index contributed by atoms with van der Waals surface area (Å²) in [5, 5.41) is 19.8. The molecule has 2 fully saturated rings. The molecule has 3 N–H and O–H groups in total. The number of hydrogen-bond donors (Lipinski definition) is 2. The third-order valence-electron chi connectivity index (χ3n) is 6.43. The lowest BCUT2D eigenvalue weighted by Gasteiger charge is -2.51. The monoisotopic (exact) mass is 516 g/mol. The van der Waals surface area contributed by atoms with Gasteiger partial charge in [0.2, 0.25) is 0 Å². The quantitative estimate of drug-likeness (QED) is 0.221. The molecule has 0 bridgehead atoms. The molecule has 4 aliphatic rings. The number of rotatable bonds is 7. The molecule has 5 rings (SSSR count). The lowest BCUT2D eigenvalue weighted by molar-refractivity contribution is -0.799. The van der Waals surface area contributed by atoms with Crippen LogP contribution in [-0.4, -0.2) is 75.7 Å². The molecule has 0 unspecified atom stereocenters. The van der Waals surface area contributed by atoms with Crippen molar-refractivity contribution < 1.29 is 28.8 Å². The van der Waals surface area contributed by atoms with Crippen molar-refractivity contribution >= 4 is 51.7 Å². The Bertz CT molecular complexity index is 1230. The Morgan fingerprint density at radius 1 is 1.37 bits per heavy atom. The van der Waals surface area contributed by atoms with Crippen LogP contribution in [0.2, 0.25) is 0 Å². The van der Waals surface area contributed by atoms with Crippen molar-refractivity contribution in [2.24, 2.45) is 5.16 Å². The number of likely N-dealkylation sites (N-methyl/N-ethyl adjacent to an activating group) is 1. The van der Waals surface area contributed by atoms with Gasteiger partial charge >= 0.3 is 0 Å². The van der Waals surface area contributed by atoms with Crippen LogP contribution in [0.1, 0.15) is 25.0 Å². The minimum absolute atomic E-state index is 0.101. The van der Waals surface area contributed by atoms with E-state index in [4.69, 9.17) is 10.6 Å². The van der Waals surface area contributed by atoms with Gasteiger partial charge in [-0.3, -0.25) is 19.0 Å². The number of nitrogens with two attached hydrogens (primary N) is 1. The molecule has 1 saturated carbocycles. The minimum Gasteiger partial charge on any atom is -0.543 e. The first-order valence-electron chi connectivity index (χ1n) is 11.0. The summed E-state index contributed by atoms with van der Waals surface area (Å²) >= 11 is 2.55. The Morgan fingerprint density at radius 2 is 2.09 bits per heavy atom. The molecule has 35 heavy (non-hydrogen) atoms. The summed E-state index contributed by atoms with van der Waals surface area (Å²) in [5.74, 6) is -2.17. The molecule has 2 atom stereocenters. The zero-order valence-corrected chi connectivity index (χ0v) is 20.8. The molecule has 13 heteroatoms. The molecule has 11 nitrogen and oxygen atoms in total. The fourth-order valence-electron chi connectivity index (χ4n) is 5.03. The maximum Gasteiger partial charge on any atom is 0.276 e. The van der Waals surface area contributed by atoms with E-state index in [2.05, 4.69) is 27.9 Å². The maximum absolute atomic E-state index is 13.0. The standard InChI is InChI=1S/C22H24N6O5S2/c1-28(6-11-4-3-5-12(11)7-28)8-13-9-34-20-16(19(30)27(20)17(13)21(31)32)25-18(29)15(26-33-2)14-10-35-22(23)24-14/h6-7,10,16,20H,3-5,8-9H2,1-2H3,(H3-,23,24,25,29,31,32)/b26-15-/t16-,20-/m1/s1. The Balaban J connectivity index is 1.34. The van der Waals surface area contributed by atoms with Crippen LogP contribution in [0.3, 0.4) is 0 Å². The van der Waals surface area contributed by atoms with Gasteiger partial charge in [-0.2, -0.15) is 0 Å². The number of nitrogens with zero attached hydrogens (tertiary/aromatic N) is 4. The highest BCUT2D eigenvalue weighted by molar-refractivity contribution is 8.00. The third-order valence-corrected chi connectivity index (χ3v) is 8.44. The first kappa shape index (κ1) is 23.6. The molecule has 1 aliphatic carbocycles. The van der Waals surface area contributed by atoms with Crippen LogP contribution in [0, 0.1) is 0 Å². The average Bonchev–Trinajstić information content (AvgIpc) is 3.50. The second-order valence-corrected chi connectivity index (χ2v) is 11.0. The second kappa shape index (κ2) is 8.81. The first-order chi connectivity index (χ1) is 16.7. The van der Waals surface area contributed by atoms with Gasteiger partial charge in [-0.05, 0) is 19.3 Å². The number of nitrogens with one attached hydrogen (secondary N) is 1. The number of aromatic nitrogens is 1. The fourth-order valence-corrected chi connectivity index (χ4v) is 6.92. The van der Waals surface area contributed by atoms with Crippen LogP contribution in [-0.2, 0) is 19.2 Å². The number of carboxylic acid groups (broad SMARTS) is 1. The number of carbonyl (C=O) groups excluding carboxylic acids is 3. The van der Waals surface area contributed by atoms with Gasteiger partial charge in [0.15, 0.2) is 10.8 Å². The van der Waals surface area contributed by atoms with Crippen LogP contribution in [0.25, 0.3) is 0 Å². The Kier molecular flexibility index (Phi) is 5.93. The summed E-state index contributed by atoms with van der Waals surface area (Å²) in [6.45, 7) is 0.437. The Morgan fingerprint density at radius 3 is 2.69 bits per heavy atom. The highest BCUT2D eigenvalue weighted by atomic mass is 32.2. The molecular formula is C22H24N6O5S2. The van der Waals surface area contributed by atoms with Gasteiger partial charge in [0, 0.05) is 27.9 Å². The van der Waals surface area contributed by atoms with Crippen LogP contribution >= 0.6 is 23.1 Å². The lowest BCUT2D eigenvalue weighted by Crippen LogP contribution is -2.71. The van der Waals surface area contributed by atoms with E-state index >= 15 is 0 Å². The number of allylic oxidation sites excluding steroid dienone is 2. The van der Waals surface area contributed by atoms with E-state index in [0.717, 1.165) is 30.6 Å². The van der Waals surface area contributed by atoms with Crippen LogP contribution in [0.4, 0.5) is 5.13 Å². The van der Waals surface area contributed by atoms with Crippen molar-refractivity contribution in [3.8, 4) is 0 Å². The van der Waals surface area contributed by atoms with E-state index in [0.29, 0.717) is 22.4 Å². The summed E-state index contributed by atoms with van der Waals surface area (Å²) in [6.07, 6.45) is 7.56. The fraction of sp³-hybridized carbons (Fsp3) is 0.409. The number of β-lactam (4-membered cyclic amide) rings is 1. The van der Waals surface area contributed by atoms with E-state index in [-0.39, 0.29) is 22.2 Å². The van der Waals surface area contributed by atoms with Gasteiger partial charge in [0.25, 0.3) is 11.8 Å². The normalized spacial score (nSPS) is 24.9. The number of fused-ring (bicyclic) bond motifs is 2. The third kappa shape index (κ3) is 4.13. The van der Waals surface area contributed by atoms with Gasteiger partial charge in [-0.1, -0.05) is 5.16 Å². The van der Waals surface area contributed by atoms with Gasteiger partial charge in [-0.25, -0.2) is 4.98 Å². The molecule has 2 amide bonds. The summed E-state index contributed by atoms with van der Waals surface area (Å²) < 4.78 is 0.470. The van der Waals surface area contributed by atoms with Gasteiger partial charge in [0.05, 0.1) is 18.7 Å². The SMILES string of the molecule is CO/N=C(\C(=O)N[C@@H]1C(=O)N2C(C(=O)[O-])=C(C[N+]3(C)C=C4CCCC4=C3)CS[C@H]12)c1csc(N)n1. The maximum atomic E-state index is 13.0. The largest absolute Gasteiger partial charge is 0.543 e. The smallest absolute Gasteiger partial charge is 0.276 e. The van der Waals surface area contributed by atoms with Crippen molar-refractivity contribution in [2.75, 3.05) is 32.2 Å². The number of hydrogen-bond acceptors (Lipinski definition) is 10. The number of carbonyl (C=O) groups is 3. The Hall–Kier alpha value is -3.16.